The van der Waals surface area contributed by atoms with Crippen molar-refractivity contribution in [1.82, 2.24) is 9.78 Å². The summed E-state index contributed by atoms with van der Waals surface area (Å²) in [7, 11) is 0. The fraction of sp³-hybridized carbons (Fsp3) is 0.750. The molecule has 0 bridgehead atoms. The molecule has 0 aliphatic carbocycles. The second-order valence-corrected chi connectivity index (χ2v) is 4.92. The maximum atomic E-state index is 5.73. The number of hydrogen-bond donors (Lipinski definition) is 2. The highest BCUT2D eigenvalue weighted by Gasteiger charge is 2.11. The summed E-state index contributed by atoms with van der Waals surface area (Å²) in [5, 5.41) is 7.68. The van der Waals surface area contributed by atoms with Crippen LogP contribution in [0.25, 0.3) is 0 Å². The highest BCUT2D eigenvalue weighted by atomic mass is 15.3. The molecule has 0 fully saturated rings. The van der Waals surface area contributed by atoms with Crippen molar-refractivity contribution in [2.75, 3.05) is 18.4 Å². The van der Waals surface area contributed by atoms with Gasteiger partial charge < -0.3 is 11.1 Å². The molecule has 1 rings (SSSR count). The third-order valence-corrected chi connectivity index (χ3v) is 2.94. The molecule has 92 valence electrons. The molecular formula is C12H24N4. The number of nitrogens with two attached hydrogens (primary N) is 1. The van der Waals surface area contributed by atoms with Crippen molar-refractivity contribution in [2.45, 2.75) is 33.7 Å². The SMILES string of the molecule is CC(C)C(CN)CNc1cnn(C(C)C)c1. The molecule has 16 heavy (non-hydrogen) atoms. The molecule has 1 atom stereocenters. The van der Waals surface area contributed by atoms with Crippen LogP contribution in [0, 0.1) is 11.8 Å². The lowest BCUT2D eigenvalue weighted by molar-refractivity contribution is 0.413. The summed E-state index contributed by atoms with van der Waals surface area (Å²) in [6, 6.07) is 0.408. The molecule has 3 N–H and O–H groups in total. The Bertz CT molecular complexity index is 304. The second kappa shape index (κ2) is 5.89. The van der Waals surface area contributed by atoms with Crippen LogP contribution in [0.5, 0.6) is 0 Å². The molecule has 0 saturated carbocycles. The number of aromatic nitrogens is 2. The molecule has 0 radical (unpaired) electrons. The van der Waals surface area contributed by atoms with Gasteiger partial charge in [-0.25, -0.2) is 0 Å². The van der Waals surface area contributed by atoms with Gasteiger partial charge in [0.05, 0.1) is 11.9 Å². The van der Waals surface area contributed by atoms with Crippen molar-refractivity contribution in [2.24, 2.45) is 17.6 Å². The maximum absolute atomic E-state index is 5.73. The normalized spacial score (nSPS) is 13.4. The molecule has 1 aromatic heterocycles. The Labute approximate surface area is 98.2 Å². The predicted octanol–water partition coefficient (Wildman–Crippen LogP) is 2.11. The molecule has 4 nitrogen and oxygen atoms in total. The van der Waals surface area contributed by atoms with Crippen LogP contribution in [0.1, 0.15) is 33.7 Å². The van der Waals surface area contributed by atoms with Crippen LogP contribution in [0.4, 0.5) is 5.69 Å². The summed E-state index contributed by atoms with van der Waals surface area (Å²) >= 11 is 0. The summed E-state index contributed by atoms with van der Waals surface area (Å²) in [6.45, 7) is 10.3. The van der Waals surface area contributed by atoms with Gasteiger partial charge in [-0.2, -0.15) is 5.10 Å². The molecule has 1 heterocycles. The van der Waals surface area contributed by atoms with E-state index in [9.17, 15) is 0 Å². The van der Waals surface area contributed by atoms with E-state index in [0.29, 0.717) is 17.9 Å². The Kier molecular flexibility index (Phi) is 4.80. The summed E-state index contributed by atoms with van der Waals surface area (Å²) < 4.78 is 1.95. The largest absolute Gasteiger partial charge is 0.382 e. The Morgan fingerprint density at radius 3 is 2.50 bits per heavy atom. The van der Waals surface area contributed by atoms with Gasteiger partial charge in [0.25, 0.3) is 0 Å². The molecule has 1 unspecified atom stereocenters. The van der Waals surface area contributed by atoms with Crippen LogP contribution < -0.4 is 11.1 Å². The maximum Gasteiger partial charge on any atom is 0.0726 e. The van der Waals surface area contributed by atoms with Gasteiger partial charge in [0.15, 0.2) is 0 Å². The lowest BCUT2D eigenvalue weighted by Crippen LogP contribution is -2.27. The molecule has 0 aliphatic heterocycles. The molecule has 0 aromatic carbocycles. The average Bonchev–Trinajstić information content (AvgIpc) is 2.67. The second-order valence-electron chi connectivity index (χ2n) is 4.92. The van der Waals surface area contributed by atoms with Gasteiger partial charge in [0.2, 0.25) is 0 Å². The average molecular weight is 224 g/mol. The van der Waals surface area contributed by atoms with Crippen LogP contribution in [0.2, 0.25) is 0 Å². The summed E-state index contributed by atoms with van der Waals surface area (Å²) in [6.07, 6.45) is 3.91. The van der Waals surface area contributed by atoms with E-state index in [1.165, 1.54) is 0 Å². The first-order valence-corrected chi connectivity index (χ1v) is 6.02. The molecule has 0 amide bonds. The number of hydrogen-bond acceptors (Lipinski definition) is 3. The van der Waals surface area contributed by atoms with E-state index in [0.717, 1.165) is 18.8 Å². The van der Waals surface area contributed by atoms with E-state index in [4.69, 9.17) is 5.73 Å². The van der Waals surface area contributed by atoms with Crippen LogP contribution in [-0.2, 0) is 0 Å². The minimum atomic E-state index is 0.408. The van der Waals surface area contributed by atoms with Gasteiger partial charge in [-0.05, 0) is 32.2 Å². The van der Waals surface area contributed by atoms with Crippen LogP contribution in [-0.4, -0.2) is 22.9 Å². The third kappa shape index (κ3) is 3.52. The van der Waals surface area contributed by atoms with E-state index in [-0.39, 0.29) is 0 Å². The van der Waals surface area contributed by atoms with Gasteiger partial charge in [-0.1, -0.05) is 13.8 Å². The van der Waals surface area contributed by atoms with Crippen LogP contribution >= 0.6 is 0 Å². The van der Waals surface area contributed by atoms with Crippen LogP contribution in [0.3, 0.4) is 0 Å². The monoisotopic (exact) mass is 224 g/mol. The van der Waals surface area contributed by atoms with Gasteiger partial charge in [-0.3, -0.25) is 4.68 Å². The van der Waals surface area contributed by atoms with Crippen molar-refractivity contribution >= 4 is 5.69 Å². The van der Waals surface area contributed by atoms with Gasteiger partial charge in [0.1, 0.15) is 0 Å². The fourth-order valence-corrected chi connectivity index (χ4v) is 1.55. The van der Waals surface area contributed by atoms with Gasteiger partial charge in [-0.15, -0.1) is 0 Å². The van der Waals surface area contributed by atoms with Crippen molar-refractivity contribution in [3.63, 3.8) is 0 Å². The fourth-order valence-electron chi connectivity index (χ4n) is 1.55. The smallest absolute Gasteiger partial charge is 0.0726 e. The topological polar surface area (TPSA) is 55.9 Å². The third-order valence-electron chi connectivity index (χ3n) is 2.94. The standard InChI is InChI=1S/C12H24N4/c1-9(2)11(5-13)6-14-12-7-15-16(8-12)10(3)4/h7-11,14H,5-6,13H2,1-4H3. The molecule has 0 aliphatic rings. The Balaban J connectivity index is 2.47. The van der Waals surface area contributed by atoms with Crippen molar-refractivity contribution < 1.29 is 0 Å². The minimum Gasteiger partial charge on any atom is -0.382 e. The van der Waals surface area contributed by atoms with Crippen molar-refractivity contribution in [3.05, 3.63) is 12.4 Å². The van der Waals surface area contributed by atoms with Crippen molar-refractivity contribution in [3.8, 4) is 0 Å². The van der Waals surface area contributed by atoms with Crippen LogP contribution in [0.15, 0.2) is 12.4 Å². The van der Waals surface area contributed by atoms with E-state index in [1.807, 2.05) is 17.1 Å². The first kappa shape index (κ1) is 13.0. The lowest BCUT2D eigenvalue weighted by atomic mass is 9.96. The quantitative estimate of drug-likeness (QED) is 0.778. The lowest BCUT2D eigenvalue weighted by Gasteiger charge is -2.19. The minimum absolute atomic E-state index is 0.408. The van der Waals surface area contributed by atoms with E-state index < -0.39 is 0 Å². The number of nitrogens with one attached hydrogen (secondary N) is 1. The first-order chi connectivity index (χ1) is 7.54. The molecule has 0 saturated heterocycles. The molecule has 1 aromatic rings. The highest BCUT2D eigenvalue weighted by Crippen LogP contribution is 2.13. The molecular weight excluding hydrogens is 200 g/mol. The summed E-state index contributed by atoms with van der Waals surface area (Å²) in [5.41, 5.74) is 6.81. The van der Waals surface area contributed by atoms with E-state index >= 15 is 0 Å². The Hall–Kier alpha value is -1.03. The summed E-state index contributed by atoms with van der Waals surface area (Å²) in [4.78, 5) is 0. The highest BCUT2D eigenvalue weighted by molar-refractivity contribution is 5.38. The molecule has 4 heteroatoms. The Morgan fingerprint density at radius 2 is 2.06 bits per heavy atom. The zero-order valence-corrected chi connectivity index (χ0v) is 10.8. The zero-order chi connectivity index (χ0) is 12.1. The number of nitrogens with zero attached hydrogens (tertiary/aromatic N) is 2. The van der Waals surface area contributed by atoms with E-state index in [2.05, 4.69) is 38.1 Å². The van der Waals surface area contributed by atoms with E-state index in [1.54, 1.807) is 0 Å². The van der Waals surface area contributed by atoms with Gasteiger partial charge in [0, 0.05) is 18.8 Å². The van der Waals surface area contributed by atoms with Gasteiger partial charge >= 0.3 is 0 Å². The Morgan fingerprint density at radius 1 is 1.38 bits per heavy atom. The number of anilines is 1. The molecule has 0 spiro atoms. The summed E-state index contributed by atoms with van der Waals surface area (Å²) in [5.74, 6) is 1.13. The number of rotatable bonds is 6. The van der Waals surface area contributed by atoms with Crippen molar-refractivity contribution in [1.29, 1.82) is 0 Å². The predicted molar refractivity (Wildman–Crippen MR) is 68.5 cm³/mol. The first-order valence-electron chi connectivity index (χ1n) is 6.02. The zero-order valence-electron chi connectivity index (χ0n) is 10.8.